The van der Waals surface area contributed by atoms with Gasteiger partial charge in [0, 0.05) is 12.8 Å². The van der Waals surface area contributed by atoms with Crippen LogP contribution in [0.5, 0.6) is 11.5 Å². The van der Waals surface area contributed by atoms with Gasteiger partial charge in [0.15, 0.2) is 0 Å². The largest absolute Gasteiger partial charge is 0.519 e. The zero-order valence-corrected chi connectivity index (χ0v) is 14.8. The minimum Gasteiger partial charge on any atom is -0.400 e. The lowest BCUT2D eigenvalue weighted by Crippen LogP contribution is -2.11. The second kappa shape index (κ2) is 10.5. The van der Waals surface area contributed by atoms with E-state index in [0.717, 1.165) is 0 Å². The van der Waals surface area contributed by atoms with Gasteiger partial charge in [0.05, 0.1) is 0 Å². The predicted molar refractivity (Wildman–Crippen MR) is 99.2 cm³/mol. The molecule has 2 aromatic carbocycles. The molecule has 0 unspecified atom stereocenters. The number of ether oxygens (including phenoxy) is 4. The fourth-order valence-corrected chi connectivity index (χ4v) is 2.03. The zero-order chi connectivity index (χ0) is 19.5. The van der Waals surface area contributed by atoms with Gasteiger partial charge >= 0.3 is 12.3 Å². The van der Waals surface area contributed by atoms with Crippen molar-refractivity contribution in [1.29, 1.82) is 0 Å². The molecule has 0 aromatic heterocycles. The summed E-state index contributed by atoms with van der Waals surface area (Å²) in [6.07, 6.45) is -0.435. The van der Waals surface area contributed by atoms with E-state index in [2.05, 4.69) is 13.2 Å². The van der Waals surface area contributed by atoms with Crippen LogP contribution in [0.1, 0.15) is 19.3 Å². The predicted octanol–water partition coefficient (Wildman–Crippen LogP) is 5.62. The van der Waals surface area contributed by atoms with E-state index in [1.807, 2.05) is 12.1 Å². The molecule has 27 heavy (non-hydrogen) atoms. The van der Waals surface area contributed by atoms with Crippen LogP contribution in [0.2, 0.25) is 0 Å². The number of hydrogen-bond donors (Lipinski definition) is 0. The number of rotatable bonds is 8. The molecular formula is C21H20O6. The Balaban J connectivity index is 1.62. The van der Waals surface area contributed by atoms with Gasteiger partial charge in [-0.15, -0.1) is 0 Å². The van der Waals surface area contributed by atoms with Crippen LogP contribution < -0.4 is 9.47 Å². The van der Waals surface area contributed by atoms with Gasteiger partial charge in [-0.2, -0.15) is 0 Å². The molecule has 0 atom stereocenters. The van der Waals surface area contributed by atoms with Crippen molar-refractivity contribution in [2.24, 2.45) is 0 Å². The highest BCUT2D eigenvalue weighted by molar-refractivity contribution is 5.65. The number of carbonyl (C=O) groups excluding carboxylic acids is 2. The standard InChI is InChI=1S/C21H20O6/c1-16(24-20(22)26-18-12-5-3-6-13-18)10-9-11-17(2)25-21(23)27-19-14-7-4-8-15-19/h3-8,12-15H,1-2,9-11H2. The van der Waals surface area contributed by atoms with Crippen LogP contribution in [0, 0.1) is 0 Å². The highest BCUT2D eigenvalue weighted by atomic mass is 16.7. The minimum atomic E-state index is -0.854. The lowest BCUT2D eigenvalue weighted by Gasteiger charge is -2.09. The molecule has 0 spiro atoms. The molecule has 0 aliphatic rings. The van der Waals surface area contributed by atoms with E-state index in [1.165, 1.54) is 0 Å². The van der Waals surface area contributed by atoms with Crippen LogP contribution >= 0.6 is 0 Å². The van der Waals surface area contributed by atoms with Crippen molar-refractivity contribution < 1.29 is 28.5 Å². The molecule has 6 nitrogen and oxygen atoms in total. The van der Waals surface area contributed by atoms with Crippen LogP contribution in [0.25, 0.3) is 0 Å². The Bertz CT molecular complexity index is 715. The van der Waals surface area contributed by atoms with Gasteiger partial charge in [-0.3, -0.25) is 0 Å². The summed E-state index contributed by atoms with van der Waals surface area (Å²) >= 11 is 0. The Hall–Kier alpha value is -3.54. The van der Waals surface area contributed by atoms with Crippen LogP contribution in [0.3, 0.4) is 0 Å². The maximum absolute atomic E-state index is 11.6. The molecule has 0 saturated carbocycles. The van der Waals surface area contributed by atoms with E-state index in [4.69, 9.17) is 18.9 Å². The minimum absolute atomic E-state index is 0.246. The van der Waals surface area contributed by atoms with Crippen molar-refractivity contribution in [3.05, 3.63) is 85.3 Å². The molecule has 2 aromatic rings. The molecule has 0 fully saturated rings. The summed E-state index contributed by atoms with van der Waals surface area (Å²) in [5.74, 6) is 1.26. The first-order valence-electron chi connectivity index (χ1n) is 8.28. The Kier molecular flexibility index (Phi) is 7.66. The molecule has 6 heteroatoms. The number of carbonyl (C=O) groups is 2. The van der Waals surface area contributed by atoms with E-state index < -0.39 is 12.3 Å². The van der Waals surface area contributed by atoms with E-state index in [1.54, 1.807) is 48.5 Å². The summed E-state index contributed by atoms with van der Waals surface area (Å²) in [4.78, 5) is 23.3. The van der Waals surface area contributed by atoms with E-state index >= 15 is 0 Å². The average molecular weight is 368 g/mol. The van der Waals surface area contributed by atoms with Gasteiger partial charge in [-0.1, -0.05) is 49.6 Å². The molecule has 0 aliphatic carbocycles. The van der Waals surface area contributed by atoms with Gasteiger partial charge in [-0.05, 0) is 30.7 Å². The van der Waals surface area contributed by atoms with Crippen molar-refractivity contribution in [3.8, 4) is 11.5 Å². The summed E-state index contributed by atoms with van der Waals surface area (Å²) in [5.41, 5.74) is 0. The summed E-state index contributed by atoms with van der Waals surface area (Å²) in [7, 11) is 0. The number of hydrogen-bond acceptors (Lipinski definition) is 6. The third-order valence-corrected chi connectivity index (χ3v) is 3.26. The lowest BCUT2D eigenvalue weighted by molar-refractivity contribution is 0.122. The van der Waals surface area contributed by atoms with Crippen molar-refractivity contribution in [1.82, 2.24) is 0 Å². The normalized spacial score (nSPS) is 9.78. The first-order valence-corrected chi connectivity index (χ1v) is 8.28. The number of para-hydroxylation sites is 2. The van der Waals surface area contributed by atoms with Gasteiger partial charge in [0.1, 0.15) is 23.0 Å². The van der Waals surface area contributed by atoms with Crippen LogP contribution in [0.4, 0.5) is 9.59 Å². The number of allylic oxidation sites excluding steroid dienone is 2. The molecule has 0 radical (unpaired) electrons. The fourth-order valence-electron chi connectivity index (χ4n) is 2.03. The topological polar surface area (TPSA) is 71.1 Å². The summed E-state index contributed by atoms with van der Waals surface area (Å²) in [5, 5.41) is 0. The molecule has 0 bridgehead atoms. The highest BCUT2D eigenvalue weighted by Crippen LogP contribution is 2.16. The van der Waals surface area contributed by atoms with Gasteiger partial charge < -0.3 is 18.9 Å². The molecular weight excluding hydrogens is 348 g/mol. The molecule has 0 heterocycles. The third kappa shape index (κ3) is 7.92. The summed E-state index contributed by atoms with van der Waals surface area (Å²) in [6, 6.07) is 17.1. The van der Waals surface area contributed by atoms with E-state index in [-0.39, 0.29) is 11.5 Å². The molecule has 0 N–H and O–H groups in total. The van der Waals surface area contributed by atoms with Crippen LogP contribution in [0.15, 0.2) is 85.3 Å². The lowest BCUT2D eigenvalue weighted by atomic mass is 10.2. The first kappa shape index (κ1) is 19.8. The molecule has 0 amide bonds. The fraction of sp³-hybridized carbons (Fsp3) is 0.143. The molecule has 0 aliphatic heterocycles. The highest BCUT2D eigenvalue weighted by Gasteiger charge is 2.11. The quantitative estimate of drug-likeness (QED) is 0.342. The second-order valence-electron chi connectivity index (χ2n) is 5.47. The Morgan fingerprint density at radius 2 is 1.04 bits per heavy atom. The summed E-state index contributed by atoms with van der Waals surface area (Å²) < 4.78 is 19.9. The Morgan fingerprint density at radius 1 is 0.667 bits per heavy atom. The first-order chi connectivity index (χ1) is 13.0. The van der Waals surface area contributed by atoms with Crippen molar-refractivity contribution in [2.75, 3.05) is 0 Å². The van der Waals surface area contributed by atoms with E-state index in [9.17, 15) is 9.59 Å². The zero-order valence-electron chi connectivity index (χ0n) is 14.8. The van der Waals surface area contributed by atoms with Crippen molar-refractivity contribution in [3.63, 3.8) is 0 Å². The van der Waals surface area contributed by atoms with Gasteiger partial charge in [-0.25, -0.2) is 9.59 Å². The monoisotopic (exact) mass is 368 g/mol. The average Bonchev–Trinajstić information content (AvgIpc) is 2.63. The van der Waals surface area contributed by atoms with Crippen LogP contribution in [-0.4, -0.2) is 12.3 Å². The van der Waals surface area contributed by atoms with Gasteiger partial charge in [0.2, 0.25) is 0 Å². The second-order valence-corrected chi connectivity index (χ2v) is 5.47. The number of benzene rings is 2. The Morgan fingerprint density at radius 3 is 1.41 bits per heavy atom. The molecule has 140 valence electrons. The molecule has 0 saturated heterocycles. The molecule has 2 rings (SSSR count). The van der Waals surface area contributed by atoms with Gasteiger partial charge in [0.25, 0.3) is 0 Å². The van der Waals surface area contributed by atoms with E-state index in [0.29, 0.717) is 30.8 Å². The maximum Gasteiger partial charge on any atom is 0.519 e. The van der Waals surface area contributed by atoms with Crippen LogP contribution in [-0.2, 0) is 9.47 Å². The summed E-state index contributed by atoms with van der Waals surface area (Å²) in [6.45, 7) is 7.33. The maximum atomic E-state index is 11.6. The third-order valence-electron chi connectivity index (χ3n) is 3.26. The van der Waals surface area contributed by atoms with Crippen molar-refractivity contribution >= 4 is 12.3 Å². The Labute approximate surface area is 157 Å². The van der Waals surface area contributed by atoms with Crippen molar-refractivity contribution in [2.45, 2.75) is 19.3 Å². The SMILES string of the molecule is C=C(CCCC(=C)OC(=O)Oc1ccccc1)OC(=O)Oc1ccccc1. The smallest absolute Gasteiger partial charge is 0.400 e.